The summed E-state index contributed by atoms with van der Waals surface area (Å²) in [6.07, 6.45) is 0.770. The highest BCUT2D eigenvalue weighted by Gasteiger charge is 2.18. The van der Waals surface area contributed by atoms with Crippen LogP contribution in [0.3, 0.4) is 0 Å². The second-order valence-corrected chi connectivity index (χ2v) is 6.80. The molecule has 1 aromatic carbocycles. The van der Waals surface area contributed by atoms with Gasteiger partial charge >= 0.3 is 12.0 Å². The second-order valence-electron chi connectivity index (χ2n) is 5.07. The number of ether oxygens (including phenoxy) is 1. The van der Waals surface area contributed by atoms with Gasteiger partial charge in [-0.3, -0.25) is 0 Å². The summed E-state index contributed by atoms with van der Waals surface area (Å²) in [4.78, 5) is 29.8. The monoisotopic (exact) mass is 401 g/mol. The minimum Gasteiger partial charge on any atom is -0.464 e. The summed E-state index contributed by atoms with van der Waals surface area (Å²) in [5, 5.41) is 5.65. The minimum absolute atomic E-state index is 0.234. The molecule has 0 aliphatic rings. The average molecular weight is 402 g/mol. The Morgan fingerprint density at radius 3 is 2.80 bits per heavy atom. The maximum atomic E-state index is 12.6. The largest absolute Gasteiger partial charge is 0.464 e. The summed E-state index contributed by atoms with van der Waals surface area (Å²) in [6.45, 7) is 2.77. The number of benzene rings is 1. The number of nitrogens with one attached hydrogen (secondary N) is 1. The van der Waals surface area contributed by atoms with Crippen LogP contribution >= 0.6 is 34.5 Å². The lowest BCUT2D eigenvalue weighted by Crippen LogP contribution is -2.35. The number of carbonyl (C=O) groups is 2. The molecule has 0 spiro atoms. The van der Waals surface area contributed by atoms with E-state index in [9.17, 15) is 9.59 Å². The van der Waals surface area contributed by atoms with E-state index in [1.807, 2.05) is 6.92 Å². The molecule has 0 saturated heterocycles. The van der Waals surface area contributed by atoms with Crippen molar-refractivity contribution in [3.05, 3.63) is 44.3 Å². The van der Waals surface area contributed by atoms with Crippen molar-refractivity contribution in [1.82, 2.24) is 9.88 Å². The van der Waals surface area contributed by atoms with Crippen molar-refractivity contribution in [3.8, 4) is 0 Å². The van der Waals surface area contributed by atoms with Gasteiger partial charge < -0.3 is 15.0 Å². The molecule has 0 saturated carbocycles. The molecular formula is C16H17Cl2N3O3S. The standard InChI is InChI=1S/C16H17Cl2N3O3S/c1-3-7-21(8-13-19-12(9-25-13)15(22)24-2)16(23)20-11-6-4-5-10(17)14(11)18/h4-6,9H,3,7-8H2,1-2H3,(H,20,23). The quantitative estimate of drug-likeness (QED) is 0.713. The fourth-order valence-electron chi connectivity index (χ4n) is 2.06. The number of rotatable bonds is 6. The van der Waals surface area contributed by atoms with Gasteiger partial charge in [0.15, 0.2) is 5.69 Å². The third-order valence-corrected chi connectivity index (χ3v) is 4.90. The average Bonchev–Trinajstić information content (AvgIpc) is 3.06. The van der Waals surface area contributed by atoms with Crippen molar-refractivity contribution in [2.75, 3.05) is 19.0 Å². The number of hydrogen-bond acceptors (Lipinski definition) is 5. The Labute approximate surface area is 159 Å². The van der Waals surface area contributed by atoms with Gasteiger partial charge in [0, 0.05) is 11.9 Å². The lowest BCUT2D eigenvalue weighted by Gasteiger charge is -2.22. The number of esters is 1. The van der Waals surface area contributed by atoms with Crippen LogP contribution in [0.4, 0.5) is 10.5 Å². The van der Waals surface area contributed by atoms with Gasteiger partial charge in [-0.15, -0.1) is 11.3 Å². The number of halogens is 2. The first kappa shape index (κ1) is 19.5. The van der Waals surface area contributed by atoms with Gasteiger partial charge in [0.05, 0.1) is 29.4 Å². The number of thiazole rings is 1. The summed E-state index contributed by atoms with van der Waals surface area (Å²) in [7, 11) is 1.30. The topological polar surface area (TPSA) is 71.5 Å². The van der Waals surface area contributed by atoms with E-state index in [0.29, 0.717) is 22.3 Å². The van der Waals surface area contributed by atoms with Gasteiger partial charge in [-0.25, -0.2) is 14.6 Å². The fourth-order valence-corrected chi connectivity index (χ4v) is 3.19. The first-order valence-corrected chi connectivity index (χ1v) is 9.12. The number of nitrogens with zero attached hydrogens (tertiary/aromatic N) is 2. The second kappa shape index (κ2) is 9.03. The molecule has 1 N–H and O–H groups in total. The highest BCUT2D eigenvalue weighted by atomic mass is 35.5. The first-order valence-electron chi connectivity index (χ1n) is 7.49. The van der Waals surface area contributed by atoms with E-state index in [4.69, 9.17) is 23.2 Å². The number of anilines is 1. The van der Waals surface area contributed by atoms with Crippen molar-refractivity contribution in [2.45, 2.75) is 19.9 Å². The fraction of sp³-hybridized carbons (Fsp3) is 0.312. The van der Waals surface area contributed by atoms with Crippen LogP contribution in [-0.2, 0) is 11.3 Å². The Morgan fingerprint density at radius 2 is 2.12 bits per heavy atom. The molecule has 0 bridgehead atoms. The number of aromatic nitrogens is 1. The molecular weight excluding hydrogens is 385 g/mol. The molecule has 0 fully saturated rings. The number of amides is 2. The Bertz CT molecular complexity index is 767. The van der Waals surface area contributed by atoms with Gasteiger partial charge in [0.2, 0.25) is 0 Å². The summed E-state index contributed by atoms with van der Waals surface area (Å²) in [5.41, 5.74) is 0.673. The van der Waals surface area contributed by atoms with E-state index in [-0.39, 0.29) is 23.3 Å². The molecule has 2 rings (SSSR count). The molecule has 0 atom stereocenters. The molecule has 2 aromatic rings. The number of carbonyl (C=O) groups excluding carboxylic acids is 2. The third kappa shape index (κ3) is 5.07. The maximum Gasteiger partial charge on any atom is 0.357 e. The normalized spacial score (nSPS) is 10.4. The van der Waals surface area contributed by atoms with Gasteiger partial charge in [-0.1, -0.05) is 36.2 Å². The minimum atomic E-state index is -0.500. The molecule has 6 nitrogen and oxygen atoms in total. The van der Waals surface area contributed by atoms with Crippen LogP contribution in [0.15, 0.2) is 23.6 Å². The summed E-state index contributed by atoms with van der Waals surface area (Å²) in [5.74, 6) is -0.500. The van der Waals surface area contributed by atoms with Crippen LogP contribution in [0.25, 0.3) is 0 Å². The van der Waals surface area contributed by atoms with Crippen LogP contribution in [0.2, 0.25) is 10.0 Å². The Morgan fingerprint density at radius 1 is 1.36 bits per heavy atom. The highest BCUT2D eigenvalue weighted by Crippen LogP contribution is 2.29. The van der Waals surface area contributed by atoms with Crippen molar-refractivity contribution in [2.24, 2.45) is 0 Å². The molecule has 2 amide bonds. The van der Waals surface area contributed by atoms with Crippen molar-refractivity contribution >= 4 is 52.2 Å². The van der Waals surface area contributed by atoms with Crippen LogP contribution < -0.4 is 5.32 Å². The molecule has 1 heterocycles. The van der Waals surface area contributed by atoms with Gasteiger partial charge in [-0.2, -0.15) is 0 Å². The molecule has 0 radical (unpaired) electrons. The van der Waals surface area contributed by atoms with Gasteiger partial charge in [-0.05, 0) is 18.6 Å². The SMILES string of the molecule is CCCN(Cc1nc(C(=O)OC)cs1)C(=O)Nc1cccc(Cl)c1Cl. The maximum absolute atomic E-state index is 12.6. The summed E-state index contributed by atoms with van der Waals surface area (Å²) >= 11 is 13.4. The highest BCUT2D eigenvalue weighted by molar-refractivity contribution is 7.09. The van der Waals surface area contributed by atoms with Crippen LogP contribution in [0, 0.1) is 0 Å². The molecule has 0 unspecified atom stereocenters. The third-order valence-electron chi connectivity index (χ3n) is 3.25. The summed E-state index contributed by atoms with van der Waals surface area (Å²) in [6, 6.07) is 4.71. The number of urea groups is 1. The summed E-state index contributed by atoms with van der Waals surface area (Å²) < 4.78 is 4.64. The van der Waals surface area contributed by atoms with E-state index in [1.165, 1.54) is 18.4 Å². The lowest BCUT2D eigenvalue weighted by molar-refractivity contribution is 0.0594. The molecule has 1 aromatic heterocycles. The zero-order valence-electron chi connectivity index (χ0n) is 13.7. The molecule has 0 aliphatic carbocycles. The van der Waals surface area contributed by atoms with Crippen molar-refractivity contribution in [1.29, 1.82) is 0 Å². The Kier molecular flexibility index (Phi) is 7.04. The molecule has 134 valence electrons. The predicted molar refractivity (Wildman–Crippen MR) is 99.6 cm³/mol. The van der Waals surface area contributed by atoms with Crippen LogP contribution in [-0.4, -0.2) is 35.5 Å². The van der Waals surface area contributed by atoms with E-state index < -0.39 is 5.97 Å². The number of hydrogen-bond donors (Lipinski definition) is 1. The van der Waals surface area contributed by atoms with Gasteiger partial charge in [0.1, 0.15) is 5.01 Å². The zero-order chi connectivity index (χ0) is 18.4. The van der Waals surface area contributed by atoms with E-state index in [1.54, 1.807) is 28.5 Å². The van der Waals surface area contributed by atoms with Gasteiger partial charge in [0.25, 0.3) is 0 Å². The Balaban J connectivity index is 2.11. The Hall–Kier alpha value is -1.83. The van der Waals surface area contributed by atoms with E-state index in [0.717, 1.165) is 6.42 Å². The number of methoxy groups -OCH3 is 1. The molecule has 25 heavy (non-hydrogen) atoms. The predicted octanol–water partition coefficient (Wildman–Crippen LogP) is 4.68. The van der Waals surface area contributed by atoms with Crippen molar-refractivity contribution in [3.63, 3.8) is 0 Å². The van der Waals surface area contributed by atoms with Crippen LogP contribution in [0.5, 0.6) is 0 Å². The first-order chi connectivity index (χ1) is 12.0. The van der Waals surface area contributed by atoms with E-state index in [2.05, 4.69) is 15.0 Å². The van der Waals surface area contributed by atoms with E-state index >= 15 is 0 Å². The molecule has 0 aliphatic heterocycles. The van der Waals surface area contributed by atoms with Crippen LogP contribution in [0.1, 0.15) is 28.8 Å². The lowest BCUT2D eigenvalue weighted by atomic mass is 10.3. The smallest absolute Gasteiger partial charge is 0.357 e. The zero-order valence-corrected chi connectivity index (χ0v) is 16.0. The molecule has 9 heteroatoms. The van der Waals surface area contributed by atoms with Crippen molar-refractivity contribution < 1.29 is 14.3 Å².